The molecule has 3 nitrogen and oxygen atoms in total. The van der Waals surface area contributed by atoms with Crippen molar-refractivity contribution in [2.24, 2.45) is 11.7 Å². The molecular formula is C13H26N2O. The first kappa shape index (κ1) is 13.5. The molecule has 3 heteroatoms. The van der Waals surface area contributed by atoms with Crippen molar-refractivity contribution in [1.82, 2.24) is 5.32 Å². The van der Waals surface area contributed by atoms with Crippen molar-refractivity contribution in [2.75, 3.05) is 0 Å². The van der Waals surface area contributed by atoms with Crippen LogP contribution in [0.3, 0.4) is 0 Å². The molecule has 0 aromatic carbocycles. The summed E-state index contributed by atoms with van der Waals surface area (Å²) in [4.78, 5) is 11.7. The Morgan fingerprint density at radius 3 is 2.56 bits per heavy atom. The fourth-order valence-electron chi connectivity index (χ4n) is 2.45. The van der Waals surface area contributed by atoms with Crippen LogP contribution in [-0.4, -0.2) is 18.0 Å². The summed E-state index contributed by atoms with van der Waals surface area (Å²) in [6.45, 7) is 4.15. The minimum Gasteiger partial charge on any atom is -0.353 e. The summed E-state index contributed by atoms with van der Waals surface area (Å²) >= 11 is 0. The van der Waals surface area contributed by atoms with Crippen molar-refractivity contribution in [2.45, 2.75) is 70.9 Å². The molecule has 0 heterocycles. The van der Waals surface area contributed by atoms with Gasteiger partial charge in [-0.05, 0) is 32.1 Å². The quantitative estimate of drug-likeness (QED) is 0.755. The molecule has 16 heavy (non-hydrogen) atoms. The highest BCUT2D eigenvalue weighted by Gasteiger charge is 2.21. The summed E-state index contributed by atoms with van der Waals surface area (Å²) in [6.07, 6.45) is 7.86. The molecule has 1 amide bonds. The lowest BCUT2D eigenvalue weighted by Gasteiger charge is -2.28. The van der Waals surface area contributed by atoms with Gasteiger partial charge in [-0.15, -0.1) is 0 Å². The van der Waals surface area contributed by atoms with E-state index in [0.29, 0.717) is 18.4 Å². The Morgan fingerprint density at radius 1 is 1.38 bits per heavy atom. The first-order chi connectivity index (χ1) is 7.63. The van der Waals surface area contributed by atoms with Crippen LogP contribution in [0.2, 0.25) is 0 Å². The minimum atomic E-state index is 0.0126. The van der Waals surface area contributed by atoms with Gasteiger partial charge in [0.15, 0.2) is 0 Å². The Labute approximate surface area is 99.2 Å². The highest BCUT2D eigenvalue weighted by atomic mass is 16.1. The summed E-state index contributed by atoms with van der Waals surface area (Å²) < 4.78 is 0. The Hall–Kier alpha value is -0.570. The van der Waals surface area contributed by atoms with E-state index in [2.05, 4.69) is 12.2 Å². The number of carbonyl (C=O) groups is 1. The third kappa shape index (κ3) is 4.52. The molecule has 0 aliphatic heterocycles. The van der Waals surface area contributed by atoms with Crippen LogP contribution in [0, 0.1) is 5.92 Å². The first-order valence-corrected chi connectivity index (χ1v) is 6.68. The number of rotatable bonds is 5. The van der Waals surface area contributed by atoms with Crippen molar-refractivity contribution >= 4 is 5.91 Å². The monoisotopic (exact) mass is 226 g/mol. The number of nitrogens with two attached hydrogens (primary N) is 1. The van der Waals surface area contributed by atoms with Crippen LogP contribution in [0.15, 0.2) is 0 Å². The molecule has 1 unspecified atom stereocenters. The summed E-state index contributed by atoms with van der Waals surface area (Å²) in [5.41, 5.74) is 5.77. The van der Waals surface area contributed by atoms with Gasteiger partial charge in [0.2, 0.25) is 5.91 Å². The average molecular weight is 226 g/mol. The van der Waals surface area contributed by atoms with E-state index in [0.717, 1.165) is 6.42 Å². The van der Waals surface area contributed by atoms with E-state index in [1.54, 1.807) is 0 Å². The van der Waals surface area contributed by atoms with Crippen LogP contribution in [0.1, 0.15) is 58.8 Å². The second-order valence-electron chi connectivity index (χ2n) is 5.13. The van der Waals surface area contributed by atoms with Gasteiger partial charge in [-0.25, -0.2) is 0 Å². The number of amides is 1. The van der Waals surface area contributed by atoms with Crippen molar-refractivity contribution in [1.29, 1.82) is 0 Å². The Bertz CT molecular complexity index is 212. The average Bonchev–Trinajstić information content (AvgIpc) is 2.29. The van der Waals surface area contributed by atoms with Crippen LogP contribution in [0.25, 0.3) is 0 Å². The molecule has 1 saturated carbocycles. The van der Waals surface area contributed by atoms with Crippen LogP contribution in [0.5, 0.6) is 0 Å². The summed E-state index contributed by atoms with van der Waals surface area (Å²) in [5, 5.41) is 3.10. The van der Waals surface area contributed by atoms with Crippen molar-refractivity contribution in [3.05, 3.63) is 0 Å². The SMILES string of the molecule is CCC(N)CC(=O)N[C@@H](C)C1CCCCC1. The maximum atomic E-state index is 11.7. The van der Waals surface area contributed by atoms with Crippen LogP contribution >= 0.6 is 0 Å². The third-order valence-corrected chi connectivity index (χ3v) is 3.72. The molecule has 0 saturated heterocycles. The second-order valence-corrected chi connectivity index (χ2v) is 5.13. The van der Waals surface area contributed by atoms with Gasteiger partial charge in [-0.3, -0.25) is 4.79 Å². The maximum absolute atomic E-state index is 11.7. The Kier molecular flexibility index (Phi) is 5.81. The van der Waals surface area contributed by atoms with Gasteiger partial charge < -0.3 is 11.1 Å². The number of nitrogens with one attached hydrogen (secondary N) is 1. The van der Waals surface area contributed by atoms with Crippen LogP contribution < -0.4 is 11.1 Å². The minimum absolute atomic E-state index is 0.0126. The van der Waals surface area contributed by atoms with Gasteiger partial charge in [-0.1, -0.05) is 26.2 Å². The van der Waals surface area contributed by atoms with E-state index in [-0.39, 0.29) is 11.9 Å². The zero-order valence-electron chi connectivity index (χ0n) is 10.7. The molecule has 0 aromatic rings. The third-order valence-electron chi connectivity index (χ3n) is 3.72. The molecule has 1 aliphatic carbocycles. The summed E-state index contributed by atoms with van der Waals surface area (Å²) in [5.74, 6) is 0.794. The van der Waals surface area contributed by atoms with E-state index in [4.69, 9.17) is 5.73 Å². The van der Waals surface area contributed by atoms with Crippen molar-refractivity contribution in [3.63, 3.8) is 0 Å². The second kappa shape index (κ2) is 6.89. The summed E-state index contributed by atoms with van der Waals surface area (Å²) in [7, 11) is 0. The molecule has 0 aromatic heterocycles. The van der Waals surface area contributed by atoms with E-state index in [1.165, 1.54) is 32.1 Å². The van der Waals surface area contributed by atoms with E-state index >= 15 is 0 Å². The van der Waals surface area contributed by atoms with Gasteiger partial charge in [0.25, 0.3) is 0 Å². The van der Waals surface area contributed by atoms with Gasteiger partial charge in [-0.2, -0.15) is 0 Å². The highest BCUT2D eigenvalue weighted by molar-refractivity contribution is 5.76. The fraction of sp³-hybridized carbons (Fsp3) is 0.923. The smallest absolute Gasteiger partial charge is 0.221 e. The van der Waals surface area contributed by atoms with Gasteiger partial charge >= 0.3 is 0 Å². The zero-order valence-corrected chi connectivity index (χ0v) is 10.7. The summed E-state index contributed by atoms with van der Waals surface area (Å²) in [6, 6.07) is 0.329. The van der Waals surface area contributed by atoms with Gasteiger partial charge in [0, 0.05) is 18.5 Å². The van der Waals surface area contributed by atoms with Gasteiger partial charge in [0.05, 0.1) is 0 Å². The Morgan fingerprint density at radius 2 is 2.00 bits per heavy atom. The lowest BCUT2D eigenvalue weighted by molar-refractivity contribution is -0.122. The molecule has 1 aliphatic rings. The lowest BCUT2D eigenvalue weighted by Crippen LogP contribution is -2.41. The number of hydrogen-bond donors (Lipinski definition) is 2. The standard InChI is InChI=1S/C13H26N2O/c1-3-12(14)9-13(16)15-10(2)11-7-5-4-6-8-11/h10-12H,3-9,14H2,1-2H3,(H,15,16)/t10-,12?/m0/s1. The molecule has 3 N–H and O–H groups in total. The normalized spacial score (nSPS) is 21.4. The topological polar surface area (TPSA) is 55.1 Å². The molecule has 94 valence electrons. The molecule has 0 bridgehead atoms. The van der Waals surface area contributed by atoms with E-state index in [1.807, 2.05) is 6.92 Å². The largest absolute Gasteiger partial charge is 0.353 e. The molecule has 2 atom stereocenters. The van der Waals surface area contributed by atoms with E-state index in [9.17, 15) is 4.79 Å². The first-order valence-electron chi connectivity index (χ1n) is 6.68. The van der Waals surface area contributed by atoms with E-state index < -0.39 is 0 Å². The Balaban J connectivity index is 2.26. The molecular weight excluding hydrogens is 200 g/mol. The lowest BCUT2D eigenvalue weighted by atomic mass is 9.84. The predicted molar refractivity (Wildman–Crippen MR) is 67.1 cm³/mol. The highest BCUT2D eigenvalue weighted by Crippen LogP contribution is 2.26. The van der Waals surface area contributed by atoms with Crippen LogP contribution in [-0.2, 0) is 4.79 Å². The number of hydrogen-bond acceptors (Lipinski definition) is 2. The fourth-order valence-corrected chi connectivity index (χ4v) is 2.45. The van der Waals surface area contributed by atoms with Crippen molar-refractivity contribution in [3.8, 4) is 0 Å². The predicted octanol–water partition coefficient (Wildman–Crippen LogP) is 2.20. The number of carbonyl (C=O) groups excluding carboxylic acids is 1. The molecule has 1 rings (SSSR count). The zero-order chi connectivity index (χ0) is 12.0. The molecule has 0 radical (unpaired) electrons. The molecule has 0 spiro atoms. The van der Waals surface area contributed by atoms with Crippen LogP contribution in [0.4, 0.5) is 0 Å². The van der Waals surface area contributed by atoms with Gasteiger partial charge in [0.1, 0.15) is 0 Å². The van der Waals surface area contributed by atoms with Crippen molar-refractivity contribution < 1.29 is 4.79 Å². The molecule has 1 fully saturated rings. The maximum Gasteiger partial charge on any atom is 0.221 e.